The fourth-order valence-electron chi connectivity index (χ4n) is 2.46. The number of hydrogen-bond acceptors (Lipinski definition) is 4. The second-order valence-electron chi connectivity index (χ2n) is 5.43. The van der Waals surface area contributed by atoms with E-state index in [4.69, 9.17) is 5.73 Å². The number of imidazole rings is 1. The Morgan fingerprint density at radius 3 is 2.53 bits per heavy atom. The zero-order chi connectivity index (χ0) is 13.9. The summed E-state index contributed by atoms with van der Waals surface area (Å²) in [5.41, 5.74) is 5.88. The minimum Gasteiger partial charge on any atom is -0.332 e. The fraction of sp³-hybridized carbons (Fsp3) is 0.750. The predicted molar refractivity (Wildman–Crippen MR) is 73.1 cm³/mol. The molecule has 4 N–H and O–H groups in total. The van der Waals surface area contributed by atoms with Gasteiger partial charge in [0.2, 0.25) is 0 Å². The van der Waals surface area contributed by atoms with Crippen molar-refractivity contribution < 1.29 is 8.42 Å². The Balaban J connectivity index is 2.01. The van der Waals surface area contributed by atoms with Crippen molar-refractivity contribution in [2.75, 3.05) is 6.54 Å². The molecule has 2 rings (SSSR count). The molecule has 7 heteroatoms. The molecule has 0 radical (unpaired) electrons. The molecule has 1 aromatic rings. The van der Waals surface area contributed by atoms with Crippen LogP contribution < -0.4 is 10.5 Å². The summed E-state index contributed by atoms with van der Waals surface area (Å²) in [5.74, 6) is 0.581. The van der Waals surface area contributed by atoms with Crippen LogP contribution in [0.1, 0.15) is 44.3 Å². The number of aromatic amines is 1. The molecule has 0 aromatic carbocycles. The monoisotopic (exact) mass is 286 g/mol. The number of nitrogens with one attached hydrogen (secondary N) is 2. The molecule has 6 nitrogen and oxygen atoms in total. The maximum absolute atomic E-state index is 12.1. The highest BCUT2D eigenvalue weighted by Gasteiger charge is 2.28. The summed E-state index contributed by atoms with van der Waals surface area (Å²) in [4.78, 5) is 6.63. The van der Waals surface area contributed by atoms with Crippen molar-refractivity contribution in [1.29, 1.82) is 0 Å². The largest absolute Gasteiger partial charge is 0.332 e. The summed E-state index contributed by atoms with van der Waals surface area (Å²) in [6.45, 7) is 2.00. The van der Waals surface area contributed by atoms with Gasteiger partial charge in [0.05, 0.1) is 6.20 Å². The van der Waals surface area contributed by atoms with Crippen molar-refractivity contribution in [3.05, 3.63) is 12.0 Å². The lowest BCUT2D eigenvalue weighted by Gasteiger charge is -2.27. The molecule has 108 valence electrons. The van der Waals surface area contributed by atoms with Gasteiger partial charge in [-0.25, -0.2) is 18.1 Å². The first-order valence-electron chi connectivity index (χ1n) is 6.71. The van der Waals surface area contributed by atoms with Crippen LogP contribution in [0.2, 0.25) is 0 Å². The van der Waals surface area contributed by atoms with Gasteiger partial charge in [-0.05, 0) is 19.8 Å². The van der Waals surface area contributed by atoms with Gasteiger partial charge in [-0.1, -0.05) is 25.7 Å². The van der Waals surface area contributed by atoms with E-state index in [2.05, 4.69) is 14.7 Å². The molecule has 0 atom stereocenters. The van der Waals surface area contributed by atoms with Crippen LogP contribution in [0.15, 0.2) is 11.2 Å². The van der Waals surface area contributed by atoms with E-state index in [0.717, 1.165) is 25.7 Å². The zero-order valence-electron chi connectivity index (χ0n) is 11.3. The van der Waals surface area contributed by atoms with Crippen LogP contribution in [0.25, 0.3) is 0 Å². The molecule has 1 saturated carbocycles. The molecule has 1 heterocycles. The molecular formula is C12H22N4O2S. The number of hydrogen-bond donors (Lipinski definition) is 3. The van der Waals surface area contributed by atoms with Crippen LogP contribution in [-0.4, -0.2) is 30.5 Å². The predicted octanol–water partition coefficient (Wildman–Crippen LogP) is 1.05. The van der Waals surface area contributed by atoms with E-state index >= 15 is 0 Å². The Labute approximate surface area is 114 Å². The van der Waals surface area contributed by atoms with E-state index in [0.29, 0.717) is 5.82 Å². The van der Waals surface area contributed by atoms with Crippen LogP contribution in [0, 0.1) is 6.92 Å². The maximum atomic E-state index is 12.1. The highest BCUT2D eigenvalue weighted by atomic mass is 32.2. The van der Waals surface area contributed by atoms with Gasteiger partial charge >= 0.3 is 0 Å². The lowest BCUT2D eigenvalue weighted by atomic mass is 9.92. The molecule has 1 aliphatic carbocycles. The van der Waals surface area contributed by atoms with Crippen molar-refractivity contribution in [2.24, 2.45) is 5.73 Å². The Morgan fingerprint density at radius 1 is 1.37 bits per heavy atom. The summed E-state index contributed by atoms with van der Waals surface area (Å²) in [6.07, 6.45) is 7.59. The molecule has 1 fully saturated rings. The molecule has 0 unspecified atom stereocenters. The van der Waals surface area contributed by atoms with Crippen molar-refractivity contribution >= 4 is 10.0 Å². The quantitative estimate of drug-likeness (QED) is 0.720. The summed E-state index contributed by atoms with van der Waals surface area (Å²) < 4.78 is 26.8. The first kappa shape index (κ1) is 14.5. The SMILES string of the molecule is Cc1ncc(S(=O)(=O)NCC2(N)CCCCCC2)[nH]1. The zero-order valence-corrected chi connectivity index (χ0v) is 12.1. The van der Waals surface area contributed by atoms with Gasteiger partial charge in [0.15, 0.2) is 5.03 Å². The second kappa shape index (κ2) is 5.60. The average Bonchev–Trinajstić information content (AvgIpc) is 2.68. The average molecular weight is 286 g/mol. The van der Waals surface area contributed by atoms with E-state index in [1.54, 1.807) is 6.92 Å². The van der Waals surface area contributed by atoms with Crippen LogP contribution >= 0.6 is 0 Å². The van der Waals surface area contributed by atoms with Crippen molar-refractivity contribution in [2.45, 2.75) is 56.0 Å². The van der Waals surface area contributed by atoms with E-state index < -0.39 is 15.6 Å². The molecule has 19 heavy (non-hydrogen) atoms. The van der Waals surface area contributed by atoms with Crippen molar-refractivity contribution in [1.82, 2.24) is 14.7 Å². The first-order chi connectivity index (χ1) is 8.91. The topological polar surface area (TPSA) is 101 Å². The molecular weight excluding hydrogens is 264 g/mol. The van der Waals surface area contributed by atoms with Crippen LogP contribution in [0.3, 0.4) is 0 Å². The lowest BCUT2D eigenvalue weighted by molar-refractivity contribution is 0.369. The Hall–Kier alpha value is -0.920. The van der Waals surface area contributed by atoms with Crippen LogP contribution in [0.5, 0.6) is 0 Å². The maximum Gasteiger partial charge on any atom is 0.257 e. The van der Waals surface area contributed by atoms with E-state index in [1.165, 1.54) is 19.0 Å². The third-order valence-electron chi connectivity index (χ3n) is 3.68. The van der Waals surface area contributed by atoms with E-state index in [-0.39, 0.29) is 11.6 Å². The minimum absolute atomic E-state index is 0.0993. The highest BCUT2D eigenvalue weighted by molar-refractivity contribution is 7.89. The summed E-state index contributed by atoms with van der Waals surface area (Å²) >= 11 is 0. The van der Waals surface area contributed by atoms with Gasteiger partial charge < -0.3 is 10.7 Å². The van der Waals surface area contributed by atoms with Crippen LogP contribution in [-0.2, 0) is 10.0 Å². The number of H-pyrrole nitrogens is 1. The van der Waals surface area contributed by atoms with Crippen LogP contribution in [0.4, 0.5) is 0 Å². The number of sulfonamides is 1. The van der Waals surface area contributed by atoms with E-state index in [1.807, 2.05) is 0 Å². The summed E-state index contributed by atoms with van der Waals surface area (Å²) in [5, 5.41) is 0.0993. The first-order valence-corrected chi connectivity index (χ1v) is 8.20. The van der Waals surface area contributed by atoms with Gasteiger partial charge in [-0.3, -0.25) is 0 Å². The molecule has 0 bridgehead atoms. The third kappa shape index (κ3) is 3.77. The molecule has 0 amide bonds. The van der Waals surface area contributed by atoms with E-state index in [9.17, 15) is 8.42 Å². The summed E-state index contributed by atoms with van der Waals surface area (Å²) in [7, 11) is -3.54. The van der Waals surface area contributed by atoms with Gasteiger partial charge in [0.1, 0.15) is 5.82 Å². The number of aryl methyl sites for hydroxylation is 1. The number of rotatable bonds is 4. The summed E-state index contributed by atoms with van der Waals surface area (Å²) in [6, 6.07) is 0. The third-order valence-corrected chi connectivity index (χ3v) is 4.99. The normalized spacial score (nSPS) is 20.1. The smallest absolute Gasteiger partial charge is 0.257 e. The molecule has 0 spiro atoms. The molecule has 1 aromatic heterocycles. The van der Waals surface area contributed by atoms with Gasteiger partial charge in [-0.2, -0.15) is 0 Å². The lowest BCUT2D eigenvalue weighted by Crippen LogP contribution is -2.49. The molecule has 1 aliphatic rings. The molecule has 0 saturated heterocycles. The van der Waals surface area contributed by atoms with Gasteiger partial charge in [0, 0.05) is 12.1 Å². The van der Waals surface area contributed by atoms with Gasteiger partial charge in [0.25, 0.3) is 10.0 Å². The molecule has 0 aliphatic heterocycles. The Morgan fingerprint density at radius 2 is 2.00 bits per heavy atom. The second-order valence-corrected chi connectivity index (χ2v) is 7.17. The van der Waals surface area contributed by atoms with Crippen molar-refractivity contribution in [3.63, 3.8) is 0 Å². The van der Waals surface area contributed by atoms with Crippen molar-refractivity contribution in [3.8, 4) is 0 Å². The number of aromatic nitrogens is 2. The Kier molecular flexibility index (Phi) is 4.27. The number of nitrogens with two attached hydrogens (primary N) is 1. The fourth-order valence-corrected chi connectivity index (χ4v) is 3.57. The van der Waals surface area contributed by atoms with Gasteiger partial charge in [-0.15, -0.1) is 0 Å². The Bertz CT molecular complexity index is 516. The number of nitrogens with zero attached hydrogens (tertiary/aromatic N) is 1. The standard InChI is InChI=1S/C12H22N4O2S/c1-10-14-8-11(16-10)19(17,18)15-9-12(13)6-4-2-3-5-7-12/h8,15H,2-7,9,13H2,1H3,(H,14,16). The highest BCUT2D eigenvalue weighted by Crippen LogP contribution is 2.24. The minimum atomic E-state index is -3.54.